The number of nitrogens with zero attached hydrogens (tertiary/aromatic N) is 2. The predicted octanol–water partition coefficient (Wildman–Crippen LogP) is 1.34. The number of hydrogen-bond acceptors (Lipinski definition) is 12. The molecular weight excluding hydrogens is 587 g/mol. The molecule has 14 nitrogen and oxygen atoms in total. The number of phenols is 2. The Morgan fingerprint density at radius 3 is 1.63 bits per heavy atom. The van der Waals surface area contributed by atoms with E-state index < -0.39 is 54.8 Å². The summed E-state index contributed by atoms with van der Waals surface area (Å²) in [5, 5.41) is 40.6. The normalized spacial score (nSPS) is 12.1. The van der Waals surface area contributed by atoms with Gasteiger partial charge >= 0.3 is 11.9 Å². The van der Waals surface area contributed by atoms with Crippen LogP contribution in [0, 0.1) is 14.2 Å². The number of esters is 2. The van der Waals surface area contributed by atoms with Gasteiger partial charge in [0.2, 0.25) is 0 Å². The Kier molecular flexibility index (Phi) is 13.9. The van der Waals surface area contributed by atoms with E-state index in [1.165, 1.54) is 50.6 Å². The molecule has 0 aliphatic rings. The molecule has 2 aromatic rings. The minimum Gasteiger partial charge on any atom is -0.639 e. The molecule has 225 valence electrons. The first-order valence-corrected chi connectivity index (χ1v) is 11.5. The standard InChI is InChI=1S/C26H30N2O12.Mn/c1-37-15-5-7-19(29)17(11-15)23(25(34)35)28(14-22(33)39-3)10-9-27(13-21(31)32)24(26(36)40-4)18-12-16(38-2)6-8-20(18)30;/h5-8,11-12,23-24,29-30H,3-4,9-10,13-14H2,1-2H3,(H,31,32)(H,34,35);/q-2;/t23-,24?;/m0./s1. The van der Waals surface area contributed by atoms with Gasteiger partial charge in [0, 0.05) is 41.3 Å². The number of carbonyl (C=O) groups excluding carboxylic acids is 2. The van der Waals surface area contributed by atoms with Gasteiger partial charge in [0.1, 0.15) is 35.1 Å². The summed E-state index contributed by atoms with van der Waals surface area (Å²) >= 11 is 0. The van der Waals surface area contributed by atoms with Crippen molar-refractivity contribution in [3.8, 4) is 23.0 Å². The average molecular weight is 617 g/mol. The van der Waals surface area contributed by atoms with Crippen LogP contribution in [0.3, 0.4) is 0 Å². The number of carboxylic acids is 2. The van der Waals surface area contributed by atoms with Crippen molar-refractivity contribution in [1.82, 2.24) is 9.80 Å². The van der Waals surface area contributed by atoms with Gasteiger partial charge in [0.15, 0.2) is 0 Å². The van der Waals surface area contributed by atoms with Gasteiger partial charge in [-0.05, 0) is 36.4 Å². The molecule has 0 saturated carbocycles. The van der Waals surface area contributed by atoms with Gasteiger partial charge in [-0.2, -0.15) is 14.2 Å². The SMILES string of the molecule is [CH2-]OC(=O)CN(CCN(CC(=O)O)C(C(=O)O[CH2-])c1cc(OC)ccc1O)[C@H](C(=O)O)c1cc(OC)ccc1O.[Mn]. The molecule has 15 heteroatoms. The van der Waals surface area contributed by atoms with Crippen LogP contribution in [0.15, 0.2) is 36.4 Å². The van der Waals surface area contributed by atoms with Crippen LogP contribution in [0.25, 0.3) is 0 Å². The van der Waals surface area contributed by atoms with Crippen LogP contribution < -0.4 is 9.47 Å². The number of carboxylic acid groups (broad SMARTS) is 2. The number of ether oxygens (including phenoxy) is 4. The van der Waals surface area contributed by atoms with Crippen molar-refractivity contribution in [2.45, 2.75) is 12.1 Å². The molecular formula is C26H30MnN2O12-2. The largest absolute Gasteiger partial charge is 0.639 e. The molecule has 1 radical (unpaired) electrons. The van der Waals surface area contributed by atoms with Crippen molar-refractivity contribution >= 4 is 23.9 Å². The van der Waals surface area contributed by atoms with E-state index in [1.807, 2.05) is 0 Å². The fourth-order valence-corrected chi connectivity index (χ4v) is 4.04. The smallest absolute Gasteiger partial charge is 0.325 e. The van der Waals surface area contributed by atoms with Crippen LogP contribution in [-0.4, -0.2) is 94.5 Å². The molecule has 0 spiro atoms. The van der Waals surface area contributed by atoms with Gasteiger partial charge in [0.05, 0.1) is 27.3 Å². The summed E-state index contributed by atoms with van der Waals surface area (Å²) in [6.07, 6.45) is 0. The number of rotatable bonds is 15. The summed E-state index contributed by atoms with van der Waals surface area (Å²) in [4.78, 5) is 51.4. The molecule has 0 heterocycles. The quantitative estimate of drug-likeness (QED) is 0.127. The Morgan fingerprint density at radius 1 is 0.780 bits per heavy atom. The molecule has 0 saturated heterocycles. The third-order valence-corrected chi connectivity index (χ3v) is 5.89. The molecule has 41 heavy (non-hydrogen) atoms. The summed E-state index contributed by atoms with van der Waals surface area (Å²) in [7, 11) is 8.81. The Hall–Kier alpha value is -4.04. The fraction of sp³-hybridized carbons (Fsp3) is 0.308. The van der Waals surface area contributed by atoms with Crippen LogP contribution in [-0.2, 0) is 45.7 Å². The molecule has 4 N–H and O–H groups in total. The van der Waals surface area contributed by atoms with E-state index in [2.05, 4.69) is 23.7 Å². The van der Waals surface area contributed by atoms with Gasteiger partial charge in [-0.3, -0.25) is 29.0 Å². The number of benzene rings is 2. The number of aromatic hydroxyl groups is 2. The first kappa shape index (κ1) is 35.0. The Labute approximate surface area is 246 Å². The Morgan fingerprint density at radius 2 is 1.24 bits per heavy atom. The van der Waals surface area contributed by atoms with E-state index in [4.69, 9.17) is 9.47 Å². The van der Waals surface area contributed by atoms with Crippen LogP contribution in [0.4, 0.5) is 0 Å². The van der Waals surface area contributed by atoms with E-state index in [1.54, 1.807) is 0 Å². The topological polar surface area (TPSA) is 193 Å². The van der Waals surface area contributed by atoms with E-state index in [0.717, 1.165) is 9.80 Å². The van der Waals surface area contributed by atoms with Gasteiger partial charge < -0.3 is 39.4 Å². The molecule has 0 fully saturated rings. The van der Waals surface area contributed by atoms with E-state index in [0.29, 0.717) is 0 Å². The van der Waals surface area contributed by atoms with E-state index >= 15 is 0 Å². The second-order valence-electron chi connectivity index (χ2n) is 8.31. The van der Waals surface area contributed by atoms with Gasteiger partial charge in [-0.1, -0.05) is 0 Å². The molecule has 0 bridgehead atoms. The van der Waals surface area contributed by atoms with Crippen LogP contribution in [0.2, 0.25) is 0 Å². The zero-order valence-electron chi connectivity index (χ0n) is 22.2. The van der Waals surface area contributed by atoms with Crippen LogP contribution in [0.1, 0.15) is 23.2 Å². The third-order valence-electron chi connectivity index (χ3n) is 5.89. The summed E-state index contributed by atoms with van der Waals surface area (Å²) in [6, 6.07) is 4.65. The van der Waals surface area contributed by atoms with Crippen molar-refractivity contribution in [1.29, 1.82) is 0 Å². The van der Waals surface area contributed by atoms with E-state index in [-0.39, 0.29) is 58.5 Å². The van der Waals surface area contributed by atoms with Crippen molar-refractivity contribution in [3.63, 3.8) is 0 Å². The number of carbonyl (C=O) groups is 4. The number of phenolic OH excluding ortho intramolecular Hbond substituents is 2. The summed E-state index contributed by atoms with van der Waals surface area (Å²) < 4.78 is 19.4. The second-order valence-corrected chi connectivity index (χ2v) is 8.31. The van der Waals surface area contributed by atoms with Gasteiger partial charge in [0.25, 0.3) is 11.9 Å². The van der Waals surface area contributed by atoms with Crippen molar-refractivity contribution < 1.29 is 75.6 Å². The Bertz CT molecular complexity index is 1220. The van der Waals surface area contributed by atoms with Crippen LogP contribution >= 0.6 is 0 Å². The minimum atomic E-state index is -1.65. The summed E-state index contributed by atoms with van der Waals surface area (Å²) in [5.74, 6) is -5.14. The van der Waals surface area contributed by atoms with Crippen molar-refractivity contribution in [2.75, 3.05) is 40.4 Å². The van der Waals surface area contributed by atoms with Gasteiger partial charge in [-0.25, -0.2) is 0 Å². The monoisotopic (exact) mass is 617 g/mol. The molecule has 2 atom stereocenters. The molecule has 2 rings (SSSR count). The summed E-state index contributed by atoms with van der Waals surface area (Å²) in [6.45, 7) is -2.14. The predicted molar refractivity (Wildman–Crippen MR) is 136 cm³/mol. The fourth-order valence-electron chi connectivity index (χ4n) is 4.04. The second kappa shape index (κ2) is 16.3. The maximum Gasteiger partial charge on any atom is 0.325 e. The molecule has 2 aromatic carbocycles. The number of aliphatic carboxylic acids is 2. The van der Waals surface area contributed by atoms with Gasteiger partial charge in [-0.15, -0.1) is 0 Å². The molecule has 0 aromatic heterocycles. The maximum atomic E-state index is 12.8. The number of hydrogen-bond donors (Lipinski definition) is 4. The average Bonchev–Trinajstić information content (AvgIpc) is 2.92. The molecule has 1 unspecified atom stereocenters. The van der Waals surface area contributed by atoms with Crippen LogP contribution in [0.5, 0.6) is 23.0 Å². The molecule has 0 aliphatic carbocycles. The number of methoxy groups -OCH3 is 2. The zero-order chi connectivity index (χ0) is 30.0. The first-order valence-electron chi connectivity index (χ1n) is 11.5. The molecule has 0 amide bonds. The third kappa shape index (κ3) is 9.25. The maximum absolute atomic E-state index is 12.8. The Balaban J connectivity index is 0.00000840. The summed E-state index contributed by atoms with van der Waals surface area (Å²) in [5.41, 5.74) is -0.203. The minimum absolute atomic E-state index is 0. The van der Waals surface area contributed by atoms with Crippen molar-refractivity contribution in [2.24, 2.45) is 0 Å². The first-order chi connectivity index (χ1) is 19.0. The zero-order valence-corrected chi connectivity index (χ0v) is 23.4. The van der Waals surface area contributed by atoms with Crippen molar-refractivity contribution in [3.05, 3.63) is 61.7 Å². The van der Waals surface area contributed by atoms with E-state index in [9.17, 15) is 39.6 Å². The molecule has 0 aliphatic heterocycles.